The van der Waals surface area contributed by atoms with Gasteiger partial charge in [-0.15, -0.1) is 0 Å². The van der Waals surface area contributed by atoms with E-state index in [0.717, 1.165) is 11.1 Å². The highest BCUT2D eigenvalue weighted by molar-refractivity contribution is 7.08. The molecular weight excluding hydrogens is 359 g/mol. The van der Waals surface area contributed by atoms with Gasteiger partial charge >= 0.3 is 5.97 Å². The van der Waals surface area contributed by atoms with E-state index >= 15 is 0 Å². The van der Waals surface area contributed by atoms with E-state index in [1.54, 1.807) is 6.07 Å². The Bertz CT molecular complexity index is 801. The third-order valence-electron chi connectivity index (χ3n) is 4.04. The number of fused-ring (bicyclic) bond motifs is 1. The van der Waals surface area contributed by atoms with Crippen molar-refractivity contribution in [3.05, 3.63) is 49.6 Å². The second kappa shape index (κ2) is 5.82. The first-order valence-electron chi connectivity index (χ1n) is 6.77. The van der Waals surface area contributed by atoms with Crippen LogP contribution in [0, 0.1) is 0 Å². The quantitative estimate of drug-likeness (QED) is 0.874. The van der Waals surface area contributed by atoms with Crippen LogP contribution in [0.15, 0.2) is 22.9 Å². The molecule has 0 radical (unpaired) electrons. The predicted octanol–water partition coefficient (Wildman–Crippen LogP) is 4.22. The summed E-state index contributed by atoms with van der Waals surface area (Å²) in [7, 11) is 0. The summed E-state index contributed by atoms with van der Waals surface area (Å²) in [6.07, 6.45) is 0.470. The molecule has 1 aliphatic rings. The summed E-state index contributed by atoms with van der Waals surface area (Å²) in [5, 5.41) is 12.8. The van der Waals surface area contributed by atoms with Crippen molar-refractivity contribution >= 4 is 46.3 Å². The summed E-state index contributed by atoms with van der Waals surface area (Å²) in [6.45, 7) is 1.35. The Kier molecular flexibility index (Phi) is 4.12. The molecular formula is C16H12Cl2O4S. The lowest BCUT2D eigenvalue weighted by Crippen LogP contribution is -2.28. The zero-order chi connectivity index (χ0) is 16.8. The molecule has 4 nitrogen and oxygen atoms in total. The number of thiophene rings is 1. The number of rotatable bonds is 4. The van der Waals surface area contributed by atoms with Crippen LogP contribution in [0.5, 0.6) is 5.75 Å². The summed E-state index contributed by atoms with van der Waals surface area (Å²) < 4.78 is 5.17. The number of carbonyl (C=O) groups is 2. The Morgan fingerprint density at radius 2 is 2.17 bits per heavy atom. The van der Waals surface area contributed by atoms with Gasteiger partial charge in [0.15, 0.2) is 12.4 Å². The SMILES string of the molecule is C[C@]1(c2ccsc2)Cc2cc(OCC(=O)O)c(Cl)c(Cl)c2C1=O. The molecule has 23 heavy (non-hydrogen) atoms. The van der Waals surface area contributed by atoms with E-state index in [1.165, 1.54) is 11.3 Å². The van der Waals surface area contributed by atoms with E-state index in [9.17, 15) is 9.59 Å². The van der Waals surface area contributed by atoms with Crippen molar-refractivity contribution in [3.63, 3.8) is 0 Å². The molecule has 0 unspecified atom stereocenters. The highest BCUT2D eigenvalue weighted by atomic mass is 35.5. The fourth-order valence-electron chi connectivity index (χ4n) is 2.83. The molecule has 0 saturated carbocycles. The largest absolute Gasteiger partial charge is 0.480 e. The molecule has 1 aromatic carbocycles. The van der Waals surface area contributed by atoms with Crippen molar-refractivity contribution in [3.8, 4) is 5.75 Å². The maximum absolute atomic E-state index is 12.9. The van der Waals surface area contributed by atoms with Gasteiger partial charge in [-0.05, 0) is 47.4 Å². The first-order chi connectivity index (χ1) is 10.8. The average molecular weight is 371 g/mol. The topological polar surface area (TPSA) is 63.6 Å². The van der Waals surface area contributed by atoms with Crippen LogP contribution in [-0.4, -0.2) is 23.5 Å². The fourth-order valence-corrected chi connectivity index (χ4v) is 4.12. The van der Waals surface area contributed by atoms with Crippen LogP contribution >= 0.6 is 34.5 Å². The second-order valence-corrected chi connectivity index (χ2v) is 7.11. The highest BCUT2D eigenvalue weighted by Gasteiger charge is 2.45. The fraction of sp³-hybridized carbons (Fsp3) is 0.250. The third kappa shape index (κ3) is 2.63. The molecule has 0 fully saturated rings. The van der Waals surface area contributed by atoms with Gasteiger partial charge in [0.1, 0.15) is 10.8 Å². The van der Waals surface area contributed by atoms with Crippen molar-refractivity contribution in [1.82, 2.24) is 0 Å². The van der Waals surface area contributed by atoms with Crippen LogP contribution in [0.25, 0.3) is 0 Å². The van der Waals surface area contributed by atoms with Crippen LogP contribution in [-0.2, 0) is 16.6 Å². The third-order valence-corrected chi connectivity index (χ3v) is 5.57. The van der Waals surface area contributed by atoms with E-state index in [4.69, 9.17) is 33.0 Å². The molecule has 0 spiro atoms. The molecule has 1 N–H and O–H groups in total. The molecule has 3 rings (SSSR count). The van der Waals surface area contributed by atoms with Gasteiger partial charge in [-0.25, -0.2) is 4.79 Å². The lowest BCUT2D eigenvalue weighted by molar-refractivity contribution is -0.139. The van der Waals surface area contributed by atoms with Crippen molar-refractivity contribution in [2.45, 2.75) is 18.8 Å². The summed E-state index contributed by atoms with van der Waals surface area (Å²) >= 11 is 13.9. The molecule has 1 aromatic heterocycles. The summed E-state index contributed by atoms with van der Waals surface area (Å²) in [4.78, 5) is 23.6. The van der Waals surface area contributed by atoms with Gasteiger partial charge in [-0.1, -0.05) is 23.2 Å². The molecule has 120 valence electrons. The Hall–Kier alpha value is -1.56. The maximum Gasteiger partial charge on any atom is 0.341 e. The first kappa shape index (κ1) is 16.3. The van der Waals surface area contributed by atoms with E-state index < -0.39 is 18.0 Å². The first-order valence-corrected chi connectivity index (χ1v) is 8.47. The van der Waals surface area contributed by atoms with Gasteiger partial charge in [0.25, 0.3) is 0 Å². The summed E-state index contributed by atoms with van der Waals surface area (Å²) in [5.74, 6) is -1.01. The van der Waals surface area contributed by atoms with Gasteiger partial charge in [-0.3, -0.25) is 4.79 Å². The number of halogens is 2. The van der Waals surface area contributed by atoms with E-state index in [-0.39, 0.29) is 21.6 Å². The molecule has 0 bridgehead atoms. The Morgan fingerprint density at radius 1 is 1.43 bits per heavy atom. The molecule has 2 aromatic rings. The second-order valence-electron chi connectivity index (χ2n) is 5.57. The van der Waals surface area contributed by atoms with Crippen molar-refractivity contribution in [2.75, 3.05) is 6.61 Å². The predicted molar refractivity (Wildman–Crippen MR) is 89.3 cm³/mol. The minimum atomic E-state index is -1.11. The lowest BCUT2D eigenvalue weighted by Gasteiger charge is -2.20. The van der Waals surface area contributed by atoms with Crippen LogP contribution in [0.4, 0.5) is 0 Å². The molecule has 7 heteroatoms. The Balaban J connectivity index is 2.05. The number of hydrogen-bond donors (Lipinski definition) is 1. The van der Waals surface area contributed by atoms with Crippen LogP contribution < -0.4 is 4.74 Å². The number of carbonyl (C=O) groups excluding carboxylic acids is 1. The molecule has 1 atom stereocenters. The summed E-state index contributed by atoms with van der Waals surface area (Å²) in [6, 6.07) is 3.54. The monoisotopic (exact) mass is 370 g/mol. The minimum absolute atomic E-state index is 0.0644. The van der Waals surface area contributed by atoms with E-state index in [1.807, 2.05) is 23.8 Å². The Morgan fingerprint density at radius 3 is 2.78 bits per heavy atom. The van der Waals surface area contributed by atoms with Gasteiger partial charge in [0.05, 0.1) is 10.4 Å². The normalized spacial score (nSPS) is 19.7. The van der Waals surface area contributed by atoms with Crippen molar-refractivity contribution in [1.29, 1.82) is 0 Å². The highest BCUT2D eigenvalue weighted by Crippen LogP contribution is 2.47. The van der Waals surface area contributed by atoms with E-state index in [0.29, 0.717) is 12.0 Å². The smallest absolute Gasteiger partial charge is 0.341 e. The molecule has 0 saturated heterocycles. The van der Waals surface area contributed by atoms with Crippen molar-refractivity contribution in [2.24, 2.45) is 0 Å². The molecule has 1 heterocycles. The number of Topliss-reactive ketones (excluding diaryl/α,β-unsaturated/α-hetero) is 1. The number of ketones is 1. The number of ether oxygens (including phenoxy) is 1. The zero-order valence-corrected chi connectivity index (χ0v) is 14.4. The van der Waals surface area contributed by atoms with Gasteiger partial charge in [-0.2, -0.15) is 11.3 Å². The number of benzene rings is 1. The van der Waals surface area contributed by atoms with Gasteiger partial charge in [0, 0.05) is 5.56 Å². The maximum atomic E-state index is 12.9. The van der Waals surface area contributed by atoms with Crippen LogP contribution in [0.3, 0.4) is 0 Å². The number of hydrogen-bond acceptors (Lipinski definition) is 4. The standard InChI is InChI=1S/C16H12Cl2O4S/c1-16(9-2-3-23-7-9)5-8-4-10(22-6-11(19)20)13(17)14(18)12(8)15(16)21/h2-4,7H,5-6H2,1H3,(H,19,20)/t16-/m1/s1. The zero-order valence-electron chi connectivity index (χ0n) is 12.1. The van der Waals surface area contributed by atoms with E-state index in [2.05, 4.69) is 0 Å². The minimum Gasteiger partial charge on any atom is -0.480 e. The van der Waals surface area contributed by atoms with Gasteiger partial charge < -0.3 is 9.84 Å². The lowest BCUT2D eigenvalue weighted by atomic mass is 9.80. The summed E-state index contributed by atoms with van der Waals surface area (Å²) in [5.41, 5.74) is 1.36. The number of carboxylic acids is 1. The van der Waals surface area contributed by atoms with Gasteiger partial charge in [0.2, 0.25) is 0 Å². The Labute approximate surface area is 146 Å². The van der Waals surface area contributed by atoms with Crippen molar-refractivity contribution < 1.29 is 19.4 Å². The van der Waals surface area contributed by atoms with Crippen LogP contribution in [0.2, 0.25) is 10.0 Å². The molecule has 0 aliphatic heterocycles. The molecule has 0 amide bonds. The van der Waals surface area contributed by atoms with Crippen LogP contribution in [0.1, 0.15) is 28.4 Å². The average Bonchev–Trinajstić information content (AvgIpc) is 3.10. The number of aliphatic carboxylic acids is 1. The molecule has 1 aliphatic carbocycles. The number of carboxylic acid groups (broad SMARTS) is 1.